The highest BCUT2D eigenvalue weighted by Gasteiger charge is 2.48. The summed E-state index contributed by atoms with van der Waals surface area (Å²) in [5, 5.41) is 0. The Morgan fingerprint density at radius 2 is 1.65 bits per heavy atom. The lowest BCUT2D eigenvalue weighted by atomic mass is 9.51. The first-order valence-electron chi connectivity index (χ1n) is 7.45. The van der Waals surface area contributed by atoms with Gasteiger partial charge in [-0.2, -0.15) is 0 Å². The first kappa shape index (κ1) is 11.7. The lowest BCUT2D eigenvalue weighted by molar-refractivity contribution is -0.121. The smallest absolute Gasteiger partial charge is 0.149 e. The van der Waals surface area contributed by atoms with Gasteiger partial charge in [-0.3, -0.25) is 4.79 Å². The van der Waals surface area contributed by atoms with Gasteiger partial charge in [-0.15, -0.1) is 0 Å². The van der Waals surface area contributed by atoms with Crippen LogP contribution in [-0.2, 0) is 4.79 Å². The van der Waals surface area contributed by atoms with Crippen molar-refractivity contribution >= 4 is 5.78 Å². The molecule has 4 aliphatic carbocycles. The summed E-state index contributed by atoms with van der Waals surface area (Å²) in [7, 11) is 0. The van der Waals surface area contributed by atoms with E-state index in [1.165, 1.54) is 32.1 Å². The Labute approximate surface area is 104 Å². The number of carbonyl (C=O) groups excluding carboxylic acids is 1. The number of rotatable bonds is 4. The molecule has 4 saturated carbocycles. The molecule has 2 heteroatoms. The van der Waals surface area contributed by atoms with Crippen LogP contribution in [0.5, 0.6) is 0 Å². The molecule has 96 valence electrons. The van der Waals surface area contributed by atoms with Crippen molar-refractivity contribution in [1.82, 2.24) is 0 Å². The number of hydrogen-bond acceptors (Lipinski definition) is 2. The molecule has 4 bridgehead atoms. The van der Waals surface area contributed by atoms with Crippen LogP contribution < -0.4 is 5.73 Å². The molecule has 0 heterocycles. The molecule has 0 aromatic heterocycles. The standard InChI is InChI=1S/C15H25NO/c1-2-15(17)14(16)8-13-11-4-9-3-10(6-11)7-12(13)5-9/h9-14H,2-8,16H2,1H3. The quantitative estimate of drug-likeness (QED) is 0.814. The normalized spacial score (nSPS) is 44.9. The number of ketones is 1. The van der Waals surface area contributed by atoms with Gasteiger partial charge in [0.15, 0.2) is 0 Å². The van der Waals surface area contributed by atoms with Crippen molar-refractivity contribution in [1.29, 1.82) is 0 Å². The highest BCUT2D eigenvalue weighted by molar-refractivity contribution is 5.83. The van der Waals surface area contributed by atoms with Gasteiger partial charge in [0.2, 0.25) is 0 Å². The van der Waals surface area contributed by atoms with Crippen molar-refractivity contribution in [2.45, 2.75) is 57.9 Å². The summed E-state index contributed by atoms with van der Waals surface area (Å²) in [5.41, 5.74) is 6.06. The maximum Gasteiger partial charge on any atom is 0.149 e. The van der Waals surface area contributed by atoms with Gasteiger partial charge >= 0.3 is 0 Å². The zero-order chi connectivity index (χ0) is 12.0. The highest BCUT2D eigenvalue weighted by atomic mass is 16.1. The van der Waals surface area contributed by atoms with E-state index in [0.717, 1.165) is 36.0 Å². The zero-order valence-corrected chi connectivity index (χ0v) is 10.9. The van der Waals surface area contributed by atoms with Crippen LogP contribution in [0.3, 0.4) is 0 Å². The second-order valence-electron chi connectivity index (χ2n) is 6.76. The fourth-order valence-electron chi connectivity index (χ4n) is 5.11. The summed E-state index contributed by atoms with van der Waals surface area (Å²) in [5.74, 6) is 4.88. The van der Waals surface area contributed by atoms with Crippen molar-refractivity contribution in [3.05, 3.63) is 0 Å². The van der Waals surface area contributed by atoms with Crippen molar-refractivity contribution in [3.63, 3.8) is 0 Å². The average Bonchev–Trinajstić information content (AvgIpc) is 2.31. The van der Waals surface area contributed by atoms with Crippen molar-refractivity contribution in [2.24, 2.45) is 35.3 Å². The van der Waals surface area contributed by atoms with Crippen LogP contribution in [0.1, 0.15) is 51.9 Å². The molecule has 0 aromatic rings. The summed E-state index contributed by atoms with van der Waals surface area (Å²) >= 11 is 0. The second kappa shape index (κ2) is 4.38. The average molecular weight is 235 g/mol. The van der Waals surface area contributed by atoms with Crippen molar-refractivity contribution in [3.8, 4) is 0 Å². The molecule has 0 aliphatic heterocycles. The minimum Gasteiger partial charge on any atom is -0.322 e. The minimum atomic E-state index is -0.178. The largest absolute Gasteiger partial charge is 0.322 e. The van der Waals surface area contributed by atoms with Crippen LogP contribution in [0.2, 0.25) is 0 Å². The van der Waals surface area contributed by atoms with E-state index in [1.54, 1.807) is 0 Å². The molecular formula is C15H25NO. The maximum atomic E-state index is 11.7. The molecule has 4 fully saturated rings. The van der Waals surface area contributed by atoms with Crippen molar-refractivity contribution < 1.29 is 4.79 Å². The van der Waals surface area contributed by atoms with Crippen LogP contribution >= 0.6 is 0 Å². The van der Waals surface area contributed by atoms with E-state index in [4.69, 9.17) is 5.73 Å². The van der Waals surface area contributed by atoms with Gasteiger partial charge in [0.25, 0.3) is 0 Å². The van der Waals surface area contributed by atoms with Gasteiger partial charge in [0.1, 0.15) is 5.78 Å². The summed E-state index contributed by atoms with van der Waals surface area (Å²) in [6.07, 6.45) is 8.82. The Hall–Kier alpha value is -0.370. The van der Waals surface area contributed by atoms with Gasteiger partial charge in [0, 0.05) is 6.42 Å². The Morgan fingerprint density at radius 3 is 2.12 bits per heavy atom. The van der Waals surface area contributed by atoms with Crippen LogP contribution in [0, 0.1) is 29.6 Å². The topological polar surface area (TPSA) is 43.1 Å². The summed E-state index contributed by atoms with van der Waals surface area (Å²) < 4.78 is 0. The summed E-state index contributed by atoms with van der Waals surface area (Å²) in [4.78, 5) is 11.7. The second-order valence-corrected chi connectivity index (χ2v) is 6.76. The van der Waals surface area contributed by atoms with Crippen molar-refractivity contribution in [2.75, 3.05) is 0 Å². The molecule has 2 nitrogen and oxygen atoms in total. The monoisotopic (exact) mass is 235 g/mol. The predicted octanol–water partition coefficient (Wildman–Crippen LogP) is 2.76. The molecule has 4 rings (SSSR count). The van der Waals surface area contributed by atoms with Gasteiger partial charge in [-0.25, -0.2) is 0 Å². The number of hydrogen-bond donors (Lipinski definition) is 1. The van der Waals surface area contributed by atoms with Crippen LogP contribution in [-0.4, -0.2) is 11.8 Å². The Morgan fingerprint density at radius 1 is 1.12 bits per heavy atom. The van der Waals surface area contributed by atoms with E-state index in [9.17, 15) is 4.79 Å². The number of carbonyl (C=O) groups is 1. The highest BCUT2D eigenvalue weighted by Crippen LogP contribution is 2.57. The minimum absolute atomic E-state index is 0.178. The van der Waals surface area contributed by atoms with E-state index in [2.05, 4.69) is 0 Å². The lowest BCUT2D eigenvalue weighted by Gasteiger charge is -2.55. The van der Waals surface area contributed by atoms with Gasteiger partial charge < -0.3 is 5.73 Å². The van der Waals surface area contributed by atoms with Crippen LogP contribution in [0.25, 0.3) is 0 Å². The SMILES string of the molecule is CCC(=O)C(N)CC1C2CC3CC(C2)CC1C3. The first-order valence-corrected chi connectivity index (χ1v) is 7.45. The van der Waals surface area contributed by atoms with Crippen LogP contribution in [0.4, 0.5) is 0 Å². The molecule has 17 heavy (non-hydrogen) atoms. The third-order valence-corrected chi connectivity index (χ3v) is 5.71. The molecule has 2 N–H and O–H groups in total. The Bertz CT molecular complexity index is 284. The predicted molar refractivity (Wildman–Crippen MR) is 68.4 cm³/mol. The molecule has 4 aliphatic rings. The van der Waals surface area contributed by atoms with Gasteiger partial charge in [-0.05, 0) is 68.1 Å². The van der Waals surface area contributed by atoms with E-state index < -0.39 is 0 Å². The Balaban J connectivity index is 1.66. The zero-order valence-electron chi connectivity index (χ0n) is 10.9. The molecule has 1 unspecified atom stereocenters. The molecule has 1 atom stereocenters. The van der Waals surface area contributed by atoms with Gasteiger partial charge in [0.05, 0.1) is 6.04 Å². The molecule has 0 aromatic carbocycles. The summed E-state index contributed by atoms with van der Waals surface area (Å²) in [6, 6.07) is -0.178. The maximum absolute atomic E-state index is 11.7. The molecule has 0 radical (unpaired) electrons. The number of Topliss-reactive ketones (excluding diaryl/α,β-unsaturated/α-hetero) is 1. The molecule has 0 saturated heterocycles. The van der Waals surface area contributed by atoms with E-state index in [-0.39, 0.29) is 11.8 Å². The Kier molecular flexibility index (Phi) is 3.02. The molecule has 0 spiro atoms. The fraction of sp³-hybridized carbons (Fsp3) is 0.933. The lowest BCUT2D eigenvalue weighted by Crippen LogP contribution is -2.47. The van der Waals surface area contributed by atoms with E-state index in [0.29, 0.717) is 6.42 Å². The van der Waals surface area contributed by atoms with E-state index in [1.807, 2.05) is 6.92 Å². The molecule has 0 amide bonds. The molecular weight excluding hydrogens is 210 g/mol. The fourth-order valence-corrected chi connectivity index (χ4v) is 5.11. The van der Waals surface area contributed by atoms with Crippen LogP contribution in [0.15, 0.2) is 0 Å². The van der Waals surface area contributed by atoms with E-state index >= 15 is 0 Å². The number of nitrogens with two attached hydrogens (primary N) is 1. The third-order valence-electron chi connectivity index (χ3n) is 5.71. The third kappa shape index (κ3) is 2.05. The summed E-state index contributed by atoms with van der Waals surface area (Å²) in [6.45, 7) is 1.93. The van der Waals surface area contributed by atoms with Gasteiger partial charge in [-0.1, -0.05) is 6.92 Å². The first-order chi connectivity index (χ1) is 8.17.